The number of fused-ring (bicyclic) bond motifs is 1. The molecule has 0 aliphatic carbocycles. The molecule has 0 saturated carbocycles. The first-order chi connectivity index (χ1) is 9.80. The zero-order chi connectivity index (χ0) is 13.9. The van der Waals surface area contributed by atoms with Gasteiger partial charge in [-0.3, -0.25) is 0 Å². The lowest BCUT2D eigenvalue weighted by atomic mass is 9.94. The van der Waals surface area contributed by atoms with Crippen LogP contribution < -0.4 is 5.73 Å². The van der Waals surface area contributed by atoms with Crippen molar-refractivity contribution in [1.29, 1.82) is 0 Å². The van der Waals surface area contributed by atoms with Crippen LogP contribution in [0.1, 0.15) is 31.2 Å². The van der Waals surface area contributed by atoms with Crippen molar-refractivity contribution in [3.05, 3.63) is 35.9 Å². The van der Waals surface area contributed by atoms with Gasteiger partial charge in [0.15, 0.2) is 0 Å². The summed E-state index contributed by atoms with van der Waals surface area (Å²) in [5.74, 6) is 1.91. The zero-order valence-corrected chi connectivity index (χ0v) is 12.3. The van der Waals surface area contributed by atoms with Gasteiger partial charge in [0.25, 0.3) is 0 Å². The van der Waals surface area contributed by atoms with Crippen LogP contribution in [0.4, 0.5) is 0 Å². The largest absolute Gasteiger partial charge is 0.326 e. The summed E-state index contributed by atoms with van der Waals surface area (Å²) in [5, 5.41) is 0. The molecule has 1 fully saturated rings. The Morgan fingerprint density at radius 1 is 1.40 bits per heavy atom. The Bertz CT molecular complexity index is 575. The number of rotatable bonds is 4. The molecule has 4 heteroatoms. The van der Waals surface area contributed by atoms with E-state index in [4.69, 9.17) is 5.73 Å². The fourth-order valence-corrected chi connectivity index (χ4v) is 3.22. The highest BCUT2D eigenvalue weighted by atomic mass is 15.1. The molecular formula is C16H24N4. The third-order valence-electron chi connectivity index (χ3n) is 4.42. The summed E-state index contributed by atoms with van der Waals surface area (Å²) >= 11 is 0. The number of imidazole rings is 1. The molecule has 0 radical (unpaired) electrons. The quantitative estimate of drug-likeness (QED) is 0.927. The Morgan fingerprint density at radius 3 is 3.10 bits per heavy atom. The molecule has 4 nitrogen and oxygen atoms in total. The van der Waals surface area contributed by atoms with Crippen LogP contribution >= 0.6 is 0 Å². The van der Waals surface area contributed by atoms with Gasteiger partial charge >= 0.3 is 0 Å². The molecule has 3 heterocycles. The van der Waals surface area contributed by atoms with Crippen LogP contribution in [-0.4, -0.2) is 33.9 Å². The molecule has 1 unspecified atom stereocenters. The van der Waals surface area contributed by atoms with Gasteiger partial charge in [-0.25, -0.2) is 4.98 Å². The highest BCUT2D eigenvalue weighted by Crippen LogP contribution is 2.21. The van der Waals surface area contributed by atoms with E-state index in [1.54, 1.807) is 0 Å². The van der Waals surface area contributed by atoms with Crippen LogP contribution in [0.5, 0.6) is 0 Å². The normalized spacial score (nSPS) is 20.6. The minimum atomic E-state index is 0.584. The lowest BCUT2D eigenvalue weighted by molar-refractivity contribution is 0.180. The van der Waals surface area contributed by atoms with Crippen molar-refractivity contribution in [2.45, 2.75) is 32.7 Å². The van der Waals surface area contributed by atoms with Crippen LogP contribution in [0, 0.1) is 5.92 Å². The molecule has 0 amide bonds. The van der Waals surface area contributed by atoms with Gasteiger partial charge in [-0.2, -0.15) is 0 Å². The molecule has 0 spiro atoms. The van der Waals surface area contributed by atoms with Crippen molar-refractivity contribution in [3.63, 3.8) is 0 Å². The number of hydrogen-bond acceptors (Lipinski definition) is 3. The molecule has 0 aromatic carbocycles. The number of likely N-dealkylation sites (tertiary alicyclic amines) is 1. The van der Waals surface area contributed by atoms with Gasteiger partial charge in [0.2, 0.25) is 0 Å². The minimum absolute atomic E-state index is 0.584. The van der Waals surface area contributed by atoms with E-state index < -0.39 is 0 Å². The number of nitrogens with two attached hydrogens (primary N) is 1. The number of nitrogens with zero attached hydrogens (tertiary/aromatic N) is 3. The highest BCUT2D eigenvalue weighted by molar-refractivity contribution is 5.47. The summed E-state index contributed by atoms with van der Waals surface area (Å²) < 4.78 is 2.22. The standard InChI is InChI=1S/C16H24N4/c1-2-19-7-3-4-13(11-19)8-16-18-10-15-6-5-14(9-17)12-20(15)16/h5-6,10,12-13H,2-4,7-9,11,17H2,1H3. The maximum atomic E-state index is 5.74. The topological polar surface area (TPSA) is 46.6 Å². The molecule has 1 saturated heterocycles. The summed E-state index contributed by atoms with van der Waals surface area (Å²) in [4.78, 5) is 7.17. The number of piperidine rings is 1. The molecule has 2 N–H and O–H groups in total. The van der Waals surface area contributed by atoms with Gasteiger partial charge in [-0.15, -0.1) is 0 Å². The van der Waals surface area contributed by atoms with E-state index in [0.29, 0.717) is 6.54 Å². The SMILES string of the molecule is CCN1CCCC(Cc2ncc3ccc(CN)cn23)C1. The van der Waals surface area contributed by atoms with E-state index in [0.717, 1.165) is 24.4 Å². The van der Waals surface area contributed by atoms with Gasteiger partial charge in [0.1, 0.15) is 5.82 Å². The van der Waals surface area contributed by atoms with Crippen LogP contribution in [0.3, 0.4) is 0 Å². The molecule has 108 valence electrons. The molecule has 1 atom stereocenters. The van der Waals surface area contributed by atoms with Crippen LogP contribution in [0.25, 0.3) is 5.52 Å². The first-order valence-corrected chi connectivity index (χ1v) is 7.67. The molecule has 20 heavy (non-hydrogen) atoms. The van der Waals surface area contributed by atoms with Gasteiger partial charge in [-0.05, 0) is 43.5 Å². The minimum Gasteiger partial charge on any atom is -0.326 e. The predicted octanol–water partition coefficient (Wildman–Crippen LogP) is 2.07. The maximum Gasteiger partial charge on any atom is 0.113 e. The molecule has 0 bridgehead atoms. The second kappa shape index (κ2) is 5.94. The molecule has 1 aliphatic heterocycles. The smallest absolute Gasteiger partial charge is 0.113 e. The average molecular weight is 272 g/mol. The van der Waals surface area contributed by atoms with Crippen molar-refractivity contribution in [2.24, 2.45) is 11.7 Å². The van der Waals surface area contributed by atoms with Crippen molar-refractivity contribution >= 4 is 5.52 Å². The summed E-state index contributed by atoms with van der Waals surface area (Å²) in [7, 11) is 0. The van der Waals surface area contributed by atoms with Crippen molar-refractivity contribution in [3.8, 4) is 0 Å². The third-order valence-corrected chi connectivity index (χ3v) is 4.42. The Kier molecular flexibility index (Phi) is 4.03. The number of hydrogen-bond donors (Lipinski definition) is 1. The Balaban J connectivity index is 1.79. The number of pyridine rings is 1. The van der Waals surface area contributed by atoms with Gasteiger partial charge in [0.05, 0.1) is 11.7 Å². The van der Waals surface area contributed by atoms with E-state index in [9.17, 15) is 0 Å². The van der Waals surface area contributed by atoms with E-state index in [-0.39, 0.29) is 0 Å². The molecular weight excluding hydrogens is 248 g/mol. The van der Waals surface area contributed by atoms with E-state index >= 15 is 0 Å². The zero-order valence-electron chi connectivity index (χ0n) is 12.3. The summed E-state index contributed by atoms with van der Waals surface area (Å²) in [6.45, 7) is 6.46. The van der Waals surface area contributed by atoms with Gasteiger partial charge in [0, 0.05) is 25.7 Å². The summed E-state index contributed by atoms with van der Waals surface area (Å²) in [5.41, 5.74) is 8.07. The van der Waals surface area contributed by atoms with Gasteiger partial charge < -0.3 is 15.0 Å². The third kappa shape index (κ3) is 2.72. The highest BCUT2D eigenvalue weighted by Gasteiger charge is 2.20. The molecule has 1 aliphatic rings. The Labute approximate surface area is 120 Å². The van der Waals surface area contributed by atoms with E-state index in [1.165, 1.54) is 37.3 Å². The fourth-order valence-electron chi connectivity index (χ4n) is 3.22. The Morgan fingerprint density at radius 2 is 2.30 bits per heavy atom. The van der Waals surface area contributed by atoms with Crippen LogP contribution in [0.15, 0.2) is 24.5 Å². The second-order valence-electron chi connectivity index (χ2n) is 5.82. The average Bonchev–Trinajstić information content (AvgIpc) is 2.89. The van der Waals surface area contributed by atoms with Crippen LogP contribution in [-0.2, 0) is 13.0 Å². The van der Waals surface area contributed by atoms with Crippen molar-refractivity contribution in [2.75, 3.05) is 19.6 Å². The van der Waals surface area contributed by atoms with Crippen molar-refractivity contribution in [1.82, 2.24) is 14.3 Å². The predicted molar refractivity (Wildman–Crippen MR) is 81.6 cm³/mol. The van der Waals surface area contributed by atoms with Gasteiger partial charge in [-0.1, -0.05) is 13.0 Å². The molecule has 2 aromatic rings. The van der Waals surface area contributed by atoms with E-state index in [2.05, 4.69) is 39.5 Å². The summed E-state index contributed by atoms with van der Waals surface area (Å²) in [6.07, 6.45) is 7.81. The van der Waals surface area contributed by atoms with E-state index in [1.807, 2.05) is 6.20 Å². The first kappa shape index (κ1) is 13.6. The molecule has 2 aromatic heterocycles. The van der Waals surface area contributed by atoms with Crippen molar-refractivity contribution < 1.29 is 0 Å². The number of aromatic nitrogens is 2. The summed E-state index contributed by atoms with van der Waals surface area (Å²) in [6, 6.07) is 4.19. The first-order valence-electron chi connectivity index (χ1n) is 7.67. The lowest BCUT2D eigenvalue weighted by Crippen LogP contribution is -2.36. The van der Waals surface area contributed by atoms with Crippen LogP contribution in [0.2, 0.25) is 0 Å². The monoisotopic (exact) mass is 272 g/mol. The Hall–Kier alpha value is -1.39. The molecule has 3 rings (SSSR count). The fraction of sp³-hybridized carbons (Fsp3) is 0.562. The second-order valence-corrected chi connectivity index (χ2v) is 5.82. The lowest BCUT2D eigenvalue weighted by Gasteiger charge is -2.31. The maximum absolute atomic E-state index is 5.74.